The smallest absolute Gasteiger partial charge is 0.334 e. The fraction of sp³-hybridized carbons (Fsp3) is 0. The number of aromatic nitrogens is 2. The standard InChI is InChI=1S/C16H10ClF2N5O2/c17-9-1-4-11(5-2-9)22-15-14(24(25)26)16(21-8-20-15)23-13-7-10(18)3-6-12(13)19/h1-8H,(H2,20,21,22,23). The number of nitrogens with zero attached hydrogens (tertiary/aromatic N) is 3. The van der Waals surface area contributed by atoms with E-state index >= 15 is 0 Å². The van der Waals surface area contributed by atoms with E-state index in [1.54, 1.807) is 24.3 Å². The zero-order valence-electron chi connectivity index (χ0n) is 12.9. The molecule has 0 bridgehead atoms. The van der Waals surface area contributed by atoms with Crippen molar-refractivity contribution in [1.29, 1.82) is 0 Å². The van der Waals surface area contributed by atoms with Gasteiger partial charge < -0.3 is 10.6 Å². The van der Waals surface area contributed by atoms with Crippen molar-refractivity contribution in [3.63, 3.8) is 0 Å². The van der Waals surface area contributed by atoms with Crippen LogP contribution in [0.4, 0.5) is 37.5 Å². The molecule has 0 saturated carbocycles. The van der Waals surface area contributed by atoms with E-state index < -0.39 is 22.2 Å². The van der Waals surface area contributed by atoms with Gasteiger partial charge in [-0.05, 0) is 36.4 Å². The van der Waals surface area contributed by atoms with Crippen molar-refractivity contribution in [2.75, 3.05) is 10.6 Å². The molecule has 3 rings (SSSR count). The lowest BCUT2D eigenvalue weighted by Crippen LogP contribution is -2.06. The predicted octanol–water partition coefficient (Wildman–Crippen LogP) is 4.80. The van der Waals surface area contributed by atoms with Gasteiger partial charge >= 0.3 is 5.69 Å². The molecule has 7 nitrogen and oxygen atoms in total. The second-order valence-corrected chi connectivity index (χ2v) is 5.49. The maximum Gasteiger partial charge on any atom is 0.353 e. The summed E-state index contributed by atoms with van der Waals surface area (Å²) in [5.74, 6) is -1.89. The van der Waals surface area contributed by atoms with E-state index in [1.165, 1.54) is 0 Å². The van der Waals surface area contributed by atoms with Gasteiger partial charge in [0.05, 0.1) is 10.6 Å². The Morgan fingerprint density at radius 1 is 1.00 bits per heavy atom. The van der Waals surface area contributed by atoms with Gasteiger partial charge in [0.1, 0.15) is 18.0 Å². The van der Waals surface area contributed by atoms with Crippen LogP contribution in [0, 0.1) is 21.7 Å². The fourth-order valence-electron chi connectivity index (χ4n) is 2.13. The van der Waals surface area contributed by atoms with Crippen molar-refractivity contribution in [3.05, 3.63) is 75.6 Å². The largest absolute Gasteiger partial charge is 0.353 e. The summed E-state index contributed by atoms with van der Waals surface area (Å²) >= 11 is 5.80. The molecule has 0 saturated heterocycles. The maximum atomic E-state index is 13.8. The third-order valence-corrected chi connectivity index (χ3v) is 3.55. The molecular formula is C16H10ClF2N5O2. The van der Waals surface area contributed by atoms with Crippen LogP contribution in [0.2, 0.25) is 5.02 Å². The summed E-state index contributed by atoms with van der Waals surface area (Å²) < 4.78 is 27.1. The molecule has 1 aromatic heterocycles. The van der Waals surface area contributed by atoms with Crippen molar-refractivity contribution < 1.29 is 13.7 Å². The first kappa shape index (κ1) is 17.5. The average Bonchev–Trinajstić information content (AvgIpc) is 2.60. The lowest BCUT2D eigenvalue weighted by molar-refractivity contribution is -0.383. The summed E-state index contributed by atoms with van der Waals surface area (Å²) in [4.78, 5) is 18.4. The van der Waals surface area contributed by atoms with E-state index in [1.807, 2.05) is 0 Å². The van der Waals surface area contributed by atoms with Crippen molar-refractivity contribution in [3.8, 4) is 0 Å². The number of hydrogen-bond acceptors (Lipinski definition) is 6. The number of anilines is 4. The van der Waals surface area contributed by atoms with E-state index in [4.69, 9.17) is 11.6 Å². The number of hydrogen-bond donors (Lipinski definition) is 2. The van der Waals surface area contributed by atoms with E-state index in [2.05, 4.69) is 20.6 Å². The van der Waals surface area contributed by atoms with E-state index in [0.717, 1.165) is 24.5 Å². The van der Waals surface area contributed by atoms with Crippen LogP contribution in [0.15, 0.2) is 48.8 Å². The molecule has 132 valence electrons. The van der Waals surface area contributed by atoms with Crippen LogP contribution in [0.5, 0.6) is 0 Å². The van der Waals surface area contributed by atoms with E-state index in [0.29, 0.717) is 10.7 Å². The summed E-state index contributed by atoms with van der Waals surface area (Å²) in [7, 11) is 0. The molecule has 0 aliphatic rings. The van der Waals surface area contributed by atoms with Gasteiger partial charge in [0.2, 0.25) is 11.6 Å². The number of nitro groups is 1. The summed E-state index contributed by atoms with van der Waals surface area (Å²) in [6.45, 7) is 0. The van der Waals surface area contributed by atoms with Gasteiger partial charge in [-0.15, -0.1) is 0 Å². The van der Waals surface area contributed by atoms with Gasteiger partial charge in [0.15, 0.2) is 0 Å². The van der Waals surface area contributed by atoms with Gasteiger partial charge in [-0.2, -0.15) is 0 Å². The highest BCUT2D eigenvalue weighted by Crippen LogP contribution is 2.33. The average molecular weight is 378 g/mol. The van der Waals surface area contributed by atoms with Crippen LogP contribution in [-0.2, 0) is 0 Å². The minimum atomic E-state index is -0.786. The molecule has 0 atom stereocenters. The van der Waals surface area contributed by atoms with Crippen molar-refractivity contribution in [2.24, 2.45) is 0 Å². The molecule has 3 aromatic rings. The number of nitrogens with one attached hydrogen (secondary N) is 2. The van der Waals surface area contributed by atoms with Gasteiger partial charge in [0, 0.05) is 16.8 Å². The lowest BCUT2D eigenvalue weighted by atomic mass is 10.3. The van der Waals surface area contributed by atoms with Crippen LogP contribution < -0.4 is 10.6 Å². The van der Waals surface area contributed by atoms with Gasteiger partial charge in [0.25, 0.3) is 0 Å². The second-order valence-electron chi connectivity index (χ2n) is 5.06. The summed E-state index contributed by atoms with van der Waals surface area (Å²) in [6, 6.07) is 9.10. The number of rotatable bonds is 5. The molecule has 10 heteroatoms. The Morgan fingerprint density at radius 3 is 2.31 bits per heavy atom. The zero-order valence-corrected chi connectivity index (χ0v) is 13.7. The highest BCUT2D eigenvalue weighted by Gasteiger charge is 2.24. The Labute approximate surface area is 150 Å². The molecule has 2 aromatic carbocycles. The first-order valence-electron chi connectivity index (χ1n) is 7.18. The van der Waals surface area contributed by atoms with Crippen LogP contribution in [-0.4, -0.2) is 14.9 Å². The molecule has 0 aliphatic heterocycles. The minimum absolute atomic E-state index is 0.119. The third-order valence-electron chi connectivity index (χ3n) is 3.29. The summed E-state index contributed by atoms with van der Waals surface area (Å²) in [5, 5.41) is 17.2. The summed E-state index contributed by atoms with van der Waals surface area (Å²) in [6.07, 6.45) is 1.06. The predicted molar refractivity (Wildman–Crippen MR) is 93.1 cm³/mol. The monoisotopic (exact) mass is 377 g/mol. The minimum Gasteiger partial charge on any atom is -0.334 e. The first-order valence-corrected chi connectivity index (χ1v) is 7.56. The van der Waals surface area contributed by atoms with Crippen LogP contribution >= 0.6 is 11.6 Å². The SMILES string of the molecule is O=[N+]([O-])c1c(Nc2ccc(Cl)cc2)ncnc1Nc1cc(F)ccc1F. The van der Waals surface area contributed by atoms with Gasteiger partial charge in [-0.3, -0.25) is 10.1 Å². The quantitative estimate of drug-likeness (QED) is 0.490. The third kappa shape index (κ3) is 3.83. The Hall–Kier alpha value is -3.33. The van der Waals surface area contributed by atoms with Crippen LogP contribution in [0.25, 0.3) is 0 Å². The van der Waals surface area contributed by atoms with Crippen LogP contribution in [0.3, 0.4) is 0 Å². The second kappa shape index (κ2) is 7.28. The molecule has 0 unspecified atom stereocenters. The Bertz CT molecular complexity index is 969. The molecule has 0 radical (unpaired) electrons. The highest BCUT2D eigenvalue weighted by molar-refractivity contribution is 6.30. The highest BCUT2D eigenvalue weighted by atomic mass is 35.5. The van der Waals surface area contributed by atoms with Crippen molar-refractivity contribution >= 4 is 40.3 Å². The normalized spacial score (nSPS) is 10.4. The van der Waals surface area contributed by atoms with E-state index in [9.17, 15) is 18.9 Å². The topological polar surface area (TPSA) is 93.0 Å². The Kier molecular flexibility index (Phi) is 4.90. The zero-order chi connectivity index (χ0) is 18.7. The van der Waals surface area contributed by atoms with Crippen LogP contribution in [0.1, 0.15) is 0 Å². The Morgan fingerprint density at radius 2 is 1.65 bits per heavy atom. The molecule has 2 N–H and O–H groups in total. The lowest BCUT2D eigenvalue weighted by Gasteiger charge is -2.10. The molecule has 1 heterocycles. The first-order chi connectivity index (χ1) is 12.4. The summed E-state index contributed by atoms with van der Waals surface area (Å²) in [5.41, 5.74) is -0.311. The molecule has 0 amide bonds. The van der Waals surface area contributed by atoms with Crippen molar-refractivity contribution in [2.45, 2.75) is 0 Å². The number of benzene rings is 2. The molecule has 0 aliphatic carbocycles. The van der Waals surface area contributed by atoms with Crippen molar-refractivity contribution in [1.82, 2.24) is 9.97 Å². The fourth-order valence-corrected chi connectivity index (χ4v) is 2.25. The Balaban J connectivity index is 1.99. The van der Waals surface area contributed by atoms with Gasteiger partial charge in [-0.25, -0.2) is 18.7 Å². The number of halogens is 3. The van der Waals surface area contributed by atoms with Gasteiger partial charge in [-0.1, -0.05) is 11.6 Å². The maximum absolute atomic E-state index is 13.8. The molecule has 0 spiro atoms. The molecule has 0 fully saturated rings. The molecular weight excluding hydrogens is 368 g/mol. The van der Waals surface area contributed by atoms with E-state index in [-0.39, 0.29) is 17.3 Å². The molecule has 26 heavy (non-hydrogen) atoms.